The fraction of sp³-hybridized carbons (Fsp3) is 0.286. The van der Waals surface area contributed by atoms with E-state index in [9.17, 15) is 0 Å². The zero-order valence-corrected chi connectivity index (χ0v) is 9.47. The Balaban J connectivity index is 3.01. The van der Waals surface area contributed by atoms with Crippen molar-refractivity contribution in [2.75, 3.05) is 6.54 Å². The summed E-state index contributed by atoms with van der Waals surface area (Å²) < 4.78 is 1.53. The zero-order chi connectivity index (χ0) is 9.14. The highest BCUT2D eigenvalue weighted by Gasteiger charge is 2.08. The van der Waals surface area contributed by atoms with Crippen molar-refractivity contribution in [1.29, 1.82) is 0 Å². The first-order valence-corrected chi connectivity index (χ1v) is 5.01. The van der Waals surface area contributed by atoms with Crippen molar-refractivity contribution in [3.63, 3.8) is 0 Å². The van der Waals surface area contributed by atoms with Gasteiger partial charge in [-0.25, -0.2) is 4.98 Å². The number of pyridine rings is 1. The van der Waals surface area contributed by atoms with Crippen LogP contribution in [0.1, 0.15) is 11.6 Å². The Hall–Kier alpha value is 0.0300. The van der Waals surface area contributed by atoms with Gasteiger partial charge in [-0.15, -0.1) is 0 Å². The number of nitrogens with two attached hydrogens (primary N) is 2. The predicted molar refractivity (Wildman–Crippen MR) is 55.6 cm³/mol. The highest BCUT2D eigenvalue weighted by molar-refractivity contribution is 9.11. The van der Waals surface area contributed by atoms with E-state index in [0.29, 0.717) is 6.54 Å². The maximum atomic E-state index is 5.73. The molecule has 0 aliphatic heterocycles. The molecule has 4 N–H and O–H groups in total. The first-order chi connectivity index (χ1) is 5.65. The molecule has 12 heavy (non-hydrogen) atoms. The molecular weight excluding hydrogens is 286 g/mol. The Morgan fingerprint density at radius 1 is 1.42 bits per heavy atom. The molecule has 0 spiro atoms. The molecule has 0 aromatic carbocycles. The van der Waals surface area contributed by atoms with E-state index in [-0.39, 0.29) is 6.04 Å². The van der Waals surface area contributed by atoms with Crippen LogP contribution in [0.15, 0.2) is 21.3 Å². The predicted octanol–water partition coefficient (Wildman–Crippen LogP) is 1.57. The third-order valence-electron chi connectivity index (χ3n) is 1.50. The Labute approximate surface area is 87.8 Å². The summed E-state index contributed by atoms with van der Waals surface area (Å²) in [5.74, 6) is 0. The second kappa shape index (κ2) is 4.32. The molecule has 0 saturated carbocycles. The van der Waals surface area contributed by atoms with Gasteiger partial charge in [-0.3, -0.25) is 0 Å². The van der Waals surface area contributed by atoms with Crippen LogP contribution in [-0.2, 0) is 0 Å². The number of hydrogen-bond donors (Lipinski definition) is 2. The molecular formula is C7H9Br2N3. The summed E-state index contributed by atoms with van der Waals surface area (Å²) >= 11 is 6.57. The molecule has 1 aromatic heterocycles. The first-order valence-electron chi connectivity index (χ1n) is 3.42. The van der Waals surface area contributed by atoms with Crippen molar-refractivity contribution in [2.24, 2.45) is 11.5 Å². The topological polar surface area (TPSA) is 64.9 Å². The van der Waals surface area contributed by atoms with E-state index in [2.05, 4.69) is 36.8 Å². The number of hydrogen-bond acceptors (Lipinski definition) is 3. The van der Waals surface area contributed by atoms with Gasteiger partial charge in [0.2, 0.25) is 0 Å². The van der Waals surface area contributed by atoms with Gasteiger partial charge in [-0.05, 0) is 37.9 Å². The standard InChI is InChI=1S/C7H9Br2N3/c8-6-2-1-4(5(11)3-10)7(9)12-6/h1-2,5H,3,10-11H2/t5-/m1/s1. The molecule has 66 valence electrons. The molecule has 0 saturated heterocycles. The van der Waals surface area contributed by atoms with Crippen molar-refractivity contribution in [1.82, 2.24) is 4.98 Å². The number of nitrogens with zero attached hydrogens (tertiary/aromatic N) is 1. The van der Waals surface area contributed by atoms with Crippen LogP contribution in [0, 0.1) is 0 Å². The number of aromatic nitrogens is 1. The maximum absolute atomic E-state index is 5.73. The summed E-state index contributed by atoms with van der Waals surface area (Å²) in [6.45, 7) is 0.419. The van der Waals surface area contributed by atoms with Crippen molar-refractivity contribution < 1.29 is 0 Å². The molecule has 3 nitrogen and oxygen atoms in total. The lowest BCUT2D eigenvalue weighted by Crippen LogP contribution is -2.21. The third kappa shape index (κ3) is 2.26. The SMILES string of the molecule is NC[C@@H](N)c1ccc(Br)nc1Br. The lowest BCUT2D eigenvalue weighted by atomic mass is 10.1. The van der Waals surface area contributed by atoms with Crippen LogP contribution in [0.2, 0.25) is 0 Å². The fourth-order valence-electron chi connectivity index (χ4n) is 0.826. The first kappa shape index (κ1) is 10.1. The van der Waals surface area contributed by atoms with Crippen LogP contribution < -0.4 is 11.5 Å². The van der Waals surface area contributed by atoms with E-state index < -0.39 is 0 Å². The summed E-state index contributed by atoms with van der Waals surface area (Å²) in [7, 11) is 0. The highest BCUT2D eigenvalue weighted by Crippen LogP contribution is 2.21. The molecule has 0 aliphatic carbocycles. The average Bonchev–Trinajstić information content (AvgIpc) is 2.03. The normalized spacial score (nSPS) is 13.0. The van der Waals surface area contributed by atoms with E-state index >= 15 is 0 Å². The van der Waals surface area contributed by atoms with Crippen molar-refractivity contribution in [2.45, 2.75) is 6.04 Å². The lowest BCUT2D eigenvalue weighted by molar-refractivity contribution is 0.727. The molecule has 5 heteroatoms. The van der Waals surface area contributed by atoms with E-state index in [1.54, 1.807) is 0 Å². The van der Waals surface area contributed by atoms with Crippen LogP contribution in [0.25, 0.3) is 0 Å². The van der Waals surface area contributed by atoms with Gasteiger partial charge in [-0.2, -0.15) is 0 Å². The van der Waals surface area contributed by atoms with Crippen molar-refractivity contribution in [3.05, 3.63) is 26.9 Å². The number of halogens is 2. The minimum absolute atomic E-state index is 0.153. The van der Waals surface area contributed by atoms with Gasteiger partial charge in [-0.1, -0.05) is 6.07 Å². The summed E-state index contributed by atoms with van der Waals surface area (Å²) in [4.78, 5) is 4.14. The zero-order valence-electron chi connectivity index (χ0n) is 6.30. The van der Waals surface area contributed by atoms with Crippen LogP contribution >= 0.6 is 31.9 Å². The minimum Gasteiger partial charge on any atom is -0.329 e. The van der Waals surface area contributed by atoms with Gasteiger partial charge in [0.05, 0.1) is 0 Å². The molecule has 1 atom stereocenters. The third-order valence-corrected chi connectivity index (χ3v) is 2.57. The Morgan fingerprint density at radius 3 is 2.58 bits per heavy atom. The van der Waals surface area contributed by atoms with Gasteiger partial charge < -0.3 is 11.5 Å². The molecule has 0 amide bonds. The van der Waals surface area contributed by atoms with Crippen LogP contribution in [0.4, 0.5) is 0 Å². The maximum Gasteiger partial charge on any atom is 0.112 e. The molecule has 0 fully saturated rings. The summed E-state index contributed by atoms with van der Waals surface area (Å²) in [6.07, 6.45) is 0. The second-order valence-corrected chi connectivity index (χ2v) is 3.92. The van der Waals surface area contributed by atoms with Crippen molar-refractivity contribution in [3.8, 4) is 0 Å². The molecule has 0 radical (unpaired) electrons. The van der Waals surface area contributed by atoms with Crippen molar-refractivity contribution >= 4 is 31.9 Å². The van der Waals surface area contributed by atoms with Gasteiger partial charge in [0.1, 0.15) is 9.21 Å². The molecule has 0 bridgehead atoms. The molecule has 0 unspecified atom stereocenters. The largest absolute Gasteiger partial charge is 0.329 e. The molecule has 1 rings (SSSR count). The van der Waals surface area contributed by atoms with Crippen LogP contribution in [0.5, 0.6) is 0 Å². The fourth-order valence-corrected chi connectivity index (χ4v) is 1.99. The minimum atomic E-state index is -0.153. The summed E-state index contributed by atoms with van der Waals surface area (Å²) in [5.41, 5.74) is 12.1. The van der Waals surface area contributed by atoms with E-state index in [4.69, 9.17) is 11.5 Å². The Kier molecular flexibility index (Phi) is 3.64. The average molecular weight is 295 g/mol. The smallest absolute Gasteiger partial charge is 0.112 e. The lowest BCUT2D eigenvalue weighted by Gasteiger charge is -2.10. The molecule has 0 aliphatic rings. The van der Waals surface area contributed by atoms with Crippen LogP contribution in [0.3, 0.4) is 0 Å². The van der Waals surface area contributed by atoms with E-state index in [0.717, 1.165) is 14.8 Å². The second-order valence-electron chi connectivity index (χ2n) is 2.36. The quantitative estimate of drug-likeness (QED) is 0.814. The van der Waals surface area contributed by atoms with E-state index in [1.807, 2.05) is 12.1 Å². The number of rotatable bonds is 2. The van der Waals surface area contributed by atoms with Crippen LogP contribution in [-0.4, -0.2) is 11.5 Å². The Bertz CT molecular complexity index is 277. The monoisotopic (exact) mass is 293 g/mol. The summed E-state index contributed by atoms with van der Waals surface area (Å²) in [5, 5.41) is 0. The highest BCUT2D eigenvalue weighted by atomic mass is 79.9. The van der Waals surface area contributed by atoms with Gasteiger partial charge in [0.25, 0.3) is 0 Å². The van der Waals surface area contributed by atoms with Gasteiger partial charge in [0, 0.05) is 18.2 Å². The molecule has 1 heterocycles. The van der Waals surface area contributed by atoms with Gasteiger partial charge >= 0.3 is 0 Å². The Morgan fingerprint density at radius 2 is 2.08 bits per heavy atom. The molecule has 1 aromatic rings. The van der Waals surface area contributed by atoms with Gasteiger partial charge in [0.15, 0.2) is 0 Å². The summed E-state index contributed by atoms with van der Waals surface area (Å²) in [6, 6.07) is 3.59. The van der Waals surface area contributed by atoms with E-state index in [1.165, 1.54) is 0 Å².